The van der Waals surface area contributed by atoms with Gasteiger partial charge in [-0.25, -0.2) is 0 Å². The molecule has 108 valence electrons. The summed E-state index contributed by atoms with van der Waals surface area (Å²) in [4.78, 5) is 0. The van der Waals surface area contributed by atoms with Gasteiger partial charge in [-0.15, -0.1) is 0 Å². The van der Waals surface area contributed by atoms with E-state index in [0.717, 1.165) is 6.42 Å². The maximum atomic E-state index is 6.67. The maximum absolute atomic E-state index is 6.67. The molecule has 3 heteroatoms. The van der Waals surface area contributed by atoms with E-state index in [1.807, 2.05) is 0 Å². The maximum Gasteiger partial charge on any atom is 0.156 e. The number of nitrogens with two attached hydrogens (primary N) is 1. The molecule has 1 aliphatic heterocycles. The number of nitrogens with zero attached hydrogens (tertiary/aromatic N) is 2. The molecule has 0 bridgehead atoms. The lowest BCUT2D eigenvalue weighted by molar-refractivity contribution is 0.0275. The van der Waals surface area contributed by atoms with Gasteiger partial charge in [0.1, 0.15) is 5.54 Å². The Bertz CT molecular complexity index is 333. The molecule has 2 atom stereocenters. The molecule has 2 saturated carbocycles. The molecule has 1 heterocycles. The Morgan fingerprint density at radius 2 is 1.26 bits per heavy atom. The van der Waals surface area contributed by atoms with Crippen molar-refractivity contribution < 1.29 is 0 Å². The molecule has 2 unspecified atom stereocenters. The van der Waals surface area contributed by atoms with Crippen LogP contribution in [-0.2, 0) is 0 Å². The van der Waals surface area contributed by atoms with Crippen LogP contribution >= 0.6 is 0 Å². The van der Waals surface area contributed by atoms with Crippen LogP contribution in [0.25, 0.3) is 0 Å². The quantitative estimate of drug-likeness (QED) is 0.740. The number of fused-ring (bicyclic) bond motifs is 1. The topological polar surface area (TPSA) is 50.7 Å². The zero-order valence-corrected chi connectivity index (χ0v) is 12.2. The van der Waals surface area contributed by atoms with Crippen LogP contribution in [0.5, 0.6) is 0 Å². The van der Waals surface area contributed by atoms with Crippen molar-refractivity contribution in [3.05, 3.63) is 0 Å². The molecule has 2 aliphatic carbocycles. The number of hydrogen-bond donors (Lipinski definition) is 1. The monoisotopic (exact) mass is 263 g/mol. The van der Waals surface area contributed by atoms with Crippen LogP contribution in [0, 0.1) is 5.92 Å². The molecule has 0 spiro atoms. The molecule has 2 fully saturated rings. The van der Waals surface area contributed by atoms with Gasteiger partial charge in [-0.05, 0) is 38.0 Å². The SMILES string of the molecule is NC12CCCCCCC1(C1CCCCCCC1)N=N2. The minimum Gasteiger partial charge on any atom is -0.304 e. The average Bonchev–Trinajstić information content (AvgIpc) is 2.36. The van der Waals surface area contributed by atoms with Crippen LogP contribution in [0.1, 0.15) is 83.5 Å². The van der Waals surface area contributed by atoms with Crippen LogP contribution in [0.3, 0.4) is 0 Å². The van der Waals surface area contributed by atoms with Crippen molar-refractivity contribution in [3.63, 3.8) is 0 Å². The minimum atomic E-state index is -0.308. The summed E-state index contributed by atoms with van der Waals surface area (Å²) in [6.07, 6.45) is 17.1. The fraction of sp³-hybridized carbons (Fsp3) is 1.00. The summed E-state index contributed by atoms with van der Waals surface area (Å²) in [6.45, 7) is 0. The van der Waals surface area contributed by atoms with Crippen molar-refractivity contribution >= 4 is 0 Å². The Hall–Kier alpha value is -0.440. The molecule has 3 aliphatic rings. The second-order valence-electron chi connectivity index (χ2n) is 7.00. The van der Waals surface area contributed by atoms with Gasteiger partial charge < -0.3 is 5.73 Å². The Kier molecular flexibility index (Phi) is 3.93. The lowest BCUT2D eigenvalue weighted by atomic mass is 9.63. The van der Waals surface area contributed by atoms with Crippen molar-refractivity contribution in [1.82, 2.24) is 0 Å². The first-order chi connectivity index (χ1) is 9.27. The van der Waals surface area contributed by atoms with Gasteiger partial charge in [0.2, 0.25) is 0 Å². The lowest BCUT2D eigenvalue weighted by Gasteiger charge is -2.53. The predicted octanol–water partition coefficient (Wildman–Crippen LogP) is 4.56. The first kappa shape index (κ1) is 13.5. The summed E-state index contributed by atoms with van der Waals surface area (Å²) in [5.41, 5.74) is 6.38. The molecule has 3 rings (SSSR count). The summed E-state index contributed by atoms with van der Waals surface area (Å²) in [7, 11) is 0. The van der Waals surface area contributed by atoms with E-state index in [9.17, 15) is 0 Å². The summed E-state index contributed by atoms with van der Waals surface area (Å²) < 4.78 is 0. The zero-order valence-electron chi connectivity index (χ0n) is 12.2. The van der Waals surface area contributed by atoms with Crippen molar-refractivity contribution in [2.75, 3.05) is 0 Å². The third-order valence-electron chi connectivity index (χ3n) is 5.80. The summed E-state index contributed by atoms with van der Waals surface area (Å²) >= 11 is 0. The fourth-order valence-corrected chi connectivity index (χ4v) is 4.56. The van der Waals surface area contributed by atoms with E-state index < -0.39 is 0 Å². The second kappa shape index (κ2) is 5.51. The minimum absolute atomic E-state index is 0.0186. The lowest BCUT2D eigenvalue weighted by Crippen LogP contribution is -2.67. The standard InChI is InChI=1S/C16H29N3/c17-16-13-9-5-4-8-12-15(16,18-19-16)14-10-6-2-1-3-7-11-14/h14H,1-13,17H2. The molecule has 0 aromatic rings. The first-order valence-electron chi connectivity index (χ1n) is 8.50. The normalized spacial score (nSPS) is 41.3. The third-order valence-corrected chi connectivity index (χ3v) is 5.80. The Labute approximate surface area is 117 Å². The molecular weight excluding hydrogens is 234 g/mol. The van der Waals surface area contributed by atoms with Crippen LogP contribution < -0.4 is 5.73 Å². The van der Waals surface area contributed by atoms with Crippen molar-refractivity contribution in [2.45, 2.75) is 94.7 Å². The first-order valence-corrected chi connectivity index (χ1v) is 8.50. The van der Waals surface area contributed by atoms with Crippen molar-refractivity contribution in [2.24, 2.45) is 21.9 Å². The summed E-state index contributed by atoms with van der Waals surface area (Å²) in [5.74, 6) is 0.702. The Morgan fingerprint density at radius 1 is 0.684 bits per heavy atom. The van der Waals surface area contributed by atoms with Gasteiger partial charge in [-0.3, -0.25) is 0 Å². The van der Waals surface area contributed by atoms with Gasteiger partial charge in [-0.2, -0.15) is 10.2 Å². The third kappa shape index (κ3) is 2.35. The van der Waals surface area contributed by atoms with Gasteiger partial charge in [0, 0.05) is 0 Å². The molecule has 2 N–H and O–H groups in total. The largest absolute Gasteiger partial charge is 0.304 e. The molecule has 0 amide bonds. The molecule has 0 aromatic heterocycles. The molecular formula is C16H29N3. The van der Waals surface area contributed by atoms with Crippen molar-refractivity contribution in [1.29, 1.82) is 0 Å². The smallest absolute Gasteiger partial charge is 0.156 e. The highest BCUT2D eigenvalue weighted by Gasteiger charge is 2.59. The molecule has 0 saturated heterocycles. The van der Waals surface area contributed by atoms with Crippen LogP contribution in [-0.4, -0.2) is 11.2 Å². The number of hydrogen-bond acceptors (Lipinski definition) is 3. The van der Waals surface area contributed by atoms with E-state index in [-0.39, 0.29) is 11.2 Å². The fourth-order valence-electron chi connectivity index (χ4n) is 4.56. The van der Waals surface area contributed by atoms with Crippen molar-refractivity contribution in [3.8, 4) is 0 Å². The molecule has 19 heavy (non-hydrogen) atoms. The van der Waals surface area contributed by atoms with E-state index in [1.54, 1.807) is 0 Å². The van der Waals surface area contributed by atoms with Gasteiger partial charge in [0.05, 0.1) is 0 Å². The molecule has 3 nitrogen and oxygen atoms in total. The summed E-state index contributed by atoms with van der Waals surface area (Å²) in [5, 5.41) is 9.12. The van der Waals surface area contributed by atoms with Crippen LogP contribution in [0.15, 0.2) is 10.2 Å². The average molecular weight is 263 g/mol. The molecule has 0 radical (unpaired) electrons. The van der Waals surface area contributed by atoms with Gasteiger partial charge in [0.25, 0.3) is 0 Å². The van der Waals surface area contributed by atoms with E-state index in [2.05, 4.69) is 5.11 Å². The number of azo groups is 1. The molecule has 0 aromatic carbocycles. The summed E-state index contributed by atoms with van der Waals surface area (Å²) in [6, 6.07) is 0. The van der Waals surface area contributed by atoms with Gasteiger partial charge >= 0.3 is 0 Å². The van der Waals surface area contributed by atoms with Gasteiger partial charge in [-0.1, -0.05) is 51.4 Å². The highest BCUT2D eigenvalue weighted by molar-refractivity contribution is 5.16. The second-order valence-corrected chi connectivity index (χ2v) is 7.00. The van der Waals surface area contributed by atoms with E-state index in [1.165, 1.54) is 77.0 Å². The predicted molar refractivity (Wildman–Crippen MR) is 78.0 cm³/mol. The Balaban J connectivity index is 1.79. The van der Waals surface area contributed by atoms with E-state index >= 15 is 0 Å². The highest BCUT2D eigenvalue weighted by Crippen LogP contribution is 2.52. The zero-order chi connectivity index (χ0) is 13.2. The van der Waals surface area contributed by atoms with E-state index in [4.69, 9.17) is 10.8 Å². The van der Waals surface area contributed by atoms with E-state index in [0.29, 0.717) is 5.92 Å². The Morgan fingerprint density at radius 3 is 1.89 bits per heavy atom. The van der Waals surface area contributed by atoms with Crippen LogP contribution in [0.2, 0.25) is 0 Å². The van der Waals surface area contributed by atoms with Gasteiger partial charge in [0.15, 0.2) is 5.66 Å². The van der Waals surface area contributed by atoms with Crippen LogP contribution in [0.4, 0.5) is 0 Å². The number of rotatable bonds is 1. The highest BCUT2D eigenvalue weighted by atomic mass is 15.4.